The number of amides is 2. The van der Waals surface area contributed by atoms with Gasteiger partial charge in [-0.25, -0.2) is 8.42 Å². The normalized spacial score (nSPS) is 12.2. The molecule has 0 aromatic heterocycles. The third-order valence-electron chi connectivity index (χ3n) is 5.57. The molecule has 2 rings (SSSR count). The summed E-state index contributed by atoms with van der Waals surface area (Å²) in [6.07, 6.45) is 1.93. The fourth-order valence-electron chi connectivity index (χ4n) is 3.88. The number of hydrogen-bond donors (Lipinski definition) is 1. The quantitative estimate of drug-likeness (QED) is 0.412. The highest BCUT2D eigenvalue weighted by Gasteiger charge is 2.29. The van der Waals surface area contributed by atoms with Crippen molar-refractivity contribution in [1.29, 1.82) is 0 Å². The van der Waals surface area contributed by atoms with Gasteiger partial charge in [-0.2, -0.15) is 0 Å². The number of carbonyl (C=O) groups excluding carboxylic acids is 2. The van der Waals surface area contributed by atoms with E-state index in [0.717, 1.165) is 11.8 Å². The van der Waals surface area contributed by atoms with Gasteiger partial charge in [-0.15, -0.1) is 0 Å². The number of benzene rings is 2. The zero-order valence-corrected chi connectivity index (χ0v) is 23.1. The van der Waals surface area contributed by atoms with Gasteiger partial charge in [0.1, 0.15) is 11.8 Å². The van der Waals surface area contributed by atoms with Crippen LogP contribution in [0.2, 0.25) is 5.02 Å². The number of carbonyl (C=O) groups is 2. The highest BCUT2D eigenvalue weighted by Crippen LogP contribution is 2.22. The number of nitrogens with zero attached hydrogens (tertiary/aromatic N) is 2. The van der Waals surface area contributed by atoms with Crippen LogP contribution in [0.1, 0.15) is 45.6 Å². The number of sulfonamides is 1. The van der Waals surface area contributed by atoms with E-state index in [1.54, 1.807) is 36.3 Å². The maximum absolute atomic E-state index is 13.4. The van der Waals surface area contributed by atoms with Gasteiger partial charge in [-0.05, 0) is 68.7 Å². The van der Waals surface area contributed by atoms with Gasteiger partial charge in [0.2, 0.25) is 21.8 Å². The Balaban J connectivity index is 2.23. The van der Waals surface area contributed by atoms with Crippen LogP contribution < -0.4 is 14.4 Å². The molecule has 198 valence electrons. The lowest BCUT2D eigenvalue weighted by Crippen LogP contribution is -2.50. The zero-order chi connectivity index (χ0) is 26.9. The lowest BCUT2D eigenvalue weighted by molar-refractivity contribution is -0.141. The second-order valence-electron chi connectivity index (χ2n) is 8.88. The topological polar surface area (TPSA) is 96.0 Å². The molecular formula is C26H36ClN3O5S. The molecule has 0 saturated carbocycles. The number of hydrogen-bond acceptors (Lipinski definition) is 5. The summed E-state index contributed by atoms with van der Waals surface area (Å²) in [5, 5.41) is 3.40. The van der Waals surface area contributed by atoms with Gasteiger partial charge in [0.15, 0.2) is 0 Å². The van der Waals surface area contributed by atoms with Crippen LogP contribution >= 0.6 is 11.6 Å². The van der Waals surface area contributed by atoms with Crippen molar-refractivity contribution < 1.29 is 22.7 Å². The van der Waals surface area contributed by atoms with Crippen molar-refractivity contribution in [3.63, 3.8) is 0 Å². The molecule has 1 atom stereocenters. The Morgan fingerprint density at radius 1 is 1.11 bits per heavy atom. The smallest absolute Gasteiger partial charge is 0.243 e. The summed E-state index contributed by atoms with van der Waals surface area (Å²) in [6, 6.07) is 13.1. The summed E-state index contributed by atoms with van der Waals surface area (Å²) in [7, 11) is -2.00. The average molecular weight is 538 g/mol. The molecular weight excluding hydrogens is 502 g/mol. The number of anilines is 1. The first kappa shape index (κ1) is 29.5. The molecule has 10 heteroatoms. The molecule has 0 heterocycles. The minimum atomic E-state index is -3.57. The molecule has 1 unspecified atom stereocenters. The average Bonchev–Trinajstić information content (AvgIpc) is 2.81. The number of nitrogens with one attached hydrogen (secondary N) is 1. The van der Waals surface area contributed by atoms with Gasteiger partial charge in [0.25, 0.3) is 0 Å². The third-order valence-corrected chi connectivity index (χ3v) is 7.02. The monoisotopic (exact) mass is 537 g/mol. The van der Waals surface area contributed by atoms with Crippen LogP contribution in [-0.4, -0.2) is 57.1 Å². The van der Waals surface area contributed by atoms with E-state index in [1.165, 1.54) is 4.31 Å². The van der Waals surface area contributed by atoms with Crippen LogP contribution in [0.5, 0.6) is 5.75 Å². The summed E-state index contributed by atoms with van der Waals surface area (Å²) in [6.45, 7) is 5.95. The Hall–Kier alpha value is -2.78. The summed E-state index contributed by atoms with van der Waals surface area (Å²) in [5.41, 5.74) is 1.31. The molecule has 0 fully saturated rings. The molecule has 0 aliphatic carbocycles. The van der Waals surface area contributed by atoms with Crippen molar-refractivity contribution in [1.82, 2.24) is 10.2 Å². The van der Waals surface area contributed by atoms with Crippen LogP contribution in [0.3, 0.4) is 0 Å². The van der Waals surface area contributed by atoms with Gasteiger partial charge < -0.3 is 15.0 Å². The third kappa shape index (κ3) is 8.71. The van der Waals surface area contributed by atoms with Crippen molar-refractivity contribution in [2.45, 2.75) is 58.7 Å². The van der Waals surface area contributed by atoms with Gasteiger partial charge >= 0.3 is 0 Å². The largest absolute Gasteiger partial charge is 0.497 e. The summed E-state index contributed by atoms with van der Waals surface area (Å²) >= 11 is 5.94. The van der Waals surface area contributed by atoms with E-state index in [9.17, 15) is 18.0 Å². The molecule has 0 spiro atoms. The molecule has 2 amide bonds. The number of methoxy groups -OCH3 is 1. The predicted octanol–water partition coefficient (Wildman–Crippen LogP) is 4.23. The summed E-state index contributed by atoms with van der Waals surface area (Å²) in [5.74, 6) is 0.210. The van der Waals surface area contributed by atoms with Crippen molar-refractivity contribution >= 4 is 39.1 Å². The van der Waals surface area contributed by atoms with Crippen molar-refractivity contribution in [2.24, 2.45) is 0 Å². The minimum absolute atomic E-state index is 0.0667. The first-order chi connectivity index (χ1) is 17.0. The Kier molecular flexibility index (Phi) is 11.0. The van der Waals surface area contributed by atoms with Crippen LogP contribution in [0.4, 0.5) is 5.69 Å². The van der Waals surface area contributed by atoms with E-state index in [-0.39, 0.29) is 43.8 Å². The molecule has 36 heavy (non-hydrogen) atoms. The van der Waals surface area contributed by atoms with E-state index >= 15 is 0 Å². The number of halogens is 1. The van der Waals surface area contributed by atoms with Crippen molar-refractivity contribution in [3.05, 3.63) is 59.1 Å². The minimum Gasteiger partial charge on any atom is -0.497 e. The molecule has 0 bridgehead atoms. The molecule has 0 saturated heterocycles. The predicted molar refractivity (Wildman–Crippen MR) is 144 cm³/mol. The molecule has 8 nitrogen and oxygen atoms in total. The first-order valence-electron chi connectivity index (χ1n) is 11.9. The van der Waals surface area contributed by atoms with Gasteiger partial charge in [0, 0.05) is 30.6 Å². The fraction of sp³-hybridized carbons (Fsp3) is 0.462. The maximum Gasteiger partial charge on any atom is 0.243 e. The Bertz CT molecular complexity index is 1120. The van der Waals surface area contributed by atoms with E-state index < -0.39 is 16.1 Å². The highest BCUT2D eigenvalue weighted by atomic mass is 35.5. The fourth-order valence-corrected chi connectivity index (χ4v) is 4.97. The standard InChI is InChI=1S/C26H36ClN3O5S/c1-6-24(26(32)28-19(2)3)29(18-20-9-7-10-23(17-20)35-4)25(31)11-8-16-30(36(5,33)34)22-14-12-21(27)13-15-22/h7,9-10,12-15,17,19,24H,6,8,11,16,18H2,1-5H3,(H,28,32). The molecule has 1 N–H and O–H groups in total. The Morgan fingerprint density at radius 2 is 1.78 bits per heavy atom. The Labute approximate surface area is 219 Å². The van der Waals surface area contributed by atoms with E-state index in [1.807, 2.05) is 45.0 Å². The van der Waals surface area contributed by atoms with Crippen molar-refractivity contribution in [2.75, 3.05) is 24.2 Å². The number of rotatable bonds is 13. The molecule has 2 aromatic rings. The van der Waals surface area contributed by atoms with Crippen molar-refractivity contribution in [3.8, 4) is 5.75 Å². The SMILES string of the molecule is CCC(C(=O)NC(C)C)N(Cc1cccc(OC)c1)C(=O)CCCN(c1ccc(Cl)cc1)S(C)(=O)=O. The second kappa shape index (κ2) is 13.5. The molecule has 2 aromatic carbocycles. The summed E-state index contributed by atoms with van der Waals surface area (Å²) in [4.78, 5) is 27.9. The van der Waals surface area contributed by atoms with Crippen LogP contribution in [0, 0.1) is 0 Å². The maximum atomic E-state index is 13.4. The Morgan fingerprint density at radius 3 is 2.33 bits per heavy atom. The van der Waals surface area contributed by atoms with E-state index in [4.69, 9.17) is 16.3 Å². The molecule has 0 aliphatic rings. The van der Waals surface area contributed by atoms with Gasteiger partial charge in [-0.3, -0.25) is 13.9 Å². The zero-order valence-electron chi connectivity index (χ0n) is 21.5. The highest BCUT2D eigenvalue weighted by molar-refractivity contribution is 7.92. The lowest BCUT2D eigenvalue weighted by atomic mass is 10.1. The number of ether oxygens (including phenoxy) is 1. The van der Waals surface area contributed by atoms with E-state index in [2.05, 4.69) is 5.32 Å². The van der Waals surface area contributed by atoms with Crippen LogP contribution in [-0.2, 0) is 26.2 Å². The van der Waals surface area contributed by atoms with Gasteiger partial charge in [0.05, 0.1) is 19.1 Å². The summed E-state index contributed by atoms with van der Waals surface area (Å²) < 4.78 is 31.4. The van der Waals surface area contributed by atoms with Crippen LogP contribution in [0.15, 0.2) is 48.5 Å². The van der Waals surface area contributed by atoms with E-state index in [0.29, 0.717) is 22.9 Å². The molecule has 0 aliphatic heterocycles. The second-order valence-corrected chi connectivity index (χ2v) is 11.2. The van der Waals surface area contributed by atoms with Gasteiger partial charge in [-0.1, -0.05) is 30.7 Å². The molecule has 0 radical (unpaired) electrons. The van der Waals surface area contributed by atoms with Crippen LogP contribution in [0.25, 0.3) is 0 Å². The lowest BCUT2D eigenvalue weighted by Gasteiger charge is -2.31. The first-order valence-corrected chi connectivity index (χ1v) is 14.1.